The van der Waals surface area contributed by atoms with E-state index in [1.807, 2.05) is 6.08 Å². The predicted octanol–water partition coefficient (Wildman–Crippen LogP) is 4.91. The molecule has 3 aliphatic rings. The fourth-order valence-corrected chi connectivity index (χ4v) is 4.41. The molecule has 0 aromatic heterocycles. The summed E-state index contributed by atoms with van der Waals surface area (Å²) >= 11 is 12.6. The van der Waals surface area contributed by atoms with E-state index in [9.17, 15) is 9.59 Å². The number of imide groups is 1. The molecule has 1 heterocycles. The van der Waals surface area contributed by atoms with Crippen LogP contribution in [0.3, 0.4) is 0 Å². The third kappa shape index (κ3) is 3.06. The normalized spacial score (nSPS) is 23.8. The Morgan fingerprint density at radius 1 is 1.00 bits per heavy atom. The first-order valence-electron chi connectivity index (χ1n) is 8.79. The average molecular weight is 380 g/mol. The Hall–Kier alpha value is -1.52. The van der Waals surface area contributed by atoms with Crippen LogP contribution in [0.4, 0.5) is 5.69 Å². The zero-order chi connectivity index (χ0) is 17.6. The van der Waals surface area contributed by atoms with Crippen LogP contribution in [0.25, 0.3) is 0 Å². The average Bonchev–Trinajstić information content (AvgIpc) is 3.11. The minimum absolute atomic E-state index is 0.126. The fourth-order valence-electron chi connectivity index (χ4n) is 3.90. The van der Waals surface area contributed by atoms with Crippen LogP contribution in [0.15, 0.2) is 23.8 Å². The van der Waals surface area contributed by atoms with Gasteiger partial charge in [0.1, 0.15) is 5.75 Å². The van der Waals surface area contributed by atoms with Crippen LogP contribution in [0.1, 0.15) is 44.9 Å². The van der Waals surface area contributed by atoms with E-state index in [1.165, 1.54) is 4.90 Å². The molecule has 0 saturated heterocycles. The molecule has 1 aromatic carbocycles. The Bertz CT molecular complexity index is 768. The van der Waals surface area contributed by atoms with E-state index in [0.29, 0.717) is 28.5 Å². The molecule has 4 rings (SSSR count). The summed E-state index contributed by atoms with van der Waals surface area (Å²) in [4.78, 5) is 26.7. The first-order valence-corrected chi connectivity index (χ1v) is 9.55. The summed E-state index contributed by atoms with van der Waals surface area (Å²) in [5, 5.41) is 0.683. The lowest BCUT2D eigenvalue weighted by molar-refractivity contribution is -0.128. The smallest absolute Gasteiger partial charge is 0.260 e. The van der Waals surface area contributed by atoms with Crippen molar-refractivity contribution in [1.82, 2.24) is 0 Å². The Labute approximate surface area is 156 Å². The highest BCUT2D eigenvalue weighted by atomic mass is 35.5. The molecule has 1 saturated carbocycles. The Morgan fingerprint density at radius 2 is 1.76 bits per heavy atom. The lowest BCUT2D eigenvalue weighted by Gasteiger charge is -2.33. The molecule has 1 aliphatic heterocycles. The van der Waals surface area contributed by atoms with E-state index in [1.54, 1.807) is 12.1 Å². The van der Waals surface area contributed by atoms with Crippen molar-refractivity contribution in [3.63, 3.8) is 0 Å². The predicted molar refractivity (Wildman–Crippen MR) is 97.3 cm³/mol. The van der Waals surface area contributed by atoms with Gasteiger partial charge in [0.25, 0.3) is 5.91 Å². The van der Waals surface area contributed by atoms with Crippen molar-refractivity contribution in [2.45, 2.75) is 51.0 Å². The van der Waals surface area contributed by atoms with E-state index < -0.39 is 0 Å². The molecule has 132 valence electrons. The monoisotopic (exact) mass is 379 g/mol. The van der Waals surface area contributed by atoms with Gasteiger partial charge < -0.3 is 4.74 Å². The number of hydrogen-bond donors (Lipinski definition) is 0. The molecule has 25 heavy (non-hydrogen) atoms. The summed E-state index contributed by atoms with van der Waals surface area (Å²) < 4.78 is 6.00. The third-order valence-electron chi connectivity index (χ3n) is 5.22. The molecule has 4 nitrogen and oxygen atoms in total. The van der Waals surface area contributed by atoms with Gasteiger partial charge in [-0.05, 0) is 51.0 Å². The highest BCUT2D eigenvalue weighted by molar-refractivity contribution is 6.39. The van der Waals surface area contributed by atoms with Gasteiger partial charge in [-0.1, -0.05) is 29.3 Å². The van der Waals surface area contributed by atoms with Gasteiger partial charge in [0.2, 0.25) is 5.91 Å². The second-order valence-electron chi connectivity index (χ2n) is 6.93. The summed E-state index contributed by atoms with van der Waals surface area (Å²) in [6, 6.07) is 3.20. The van der Waals surface area contributed by atoms with Gasteiger partial charge in [-0.15, -0.1) is 0 Å². The van der Waals surface area contributed by atoms with Crippen molar-refractivity contribution in [1.29, 1.82) is 0 Å². The summed E-state index contributed by atoms with van der Waals surface area (Å²) in [6.45, 7) is 0. The number of benzene rings is 1. The summed E-state index contributed by atoms with van der Waals surface area (Å²) in [7, 11) is 0. The molecule has 1 atom stereocenters. The van der Waals surface area contributed by atoms with Gasteiger partial charge in [0.05, 0.1) is 27.8 Å². The minimum Gasteiger partial charge on any atom is -0.489 e. The number of fused-ring (bicyclic) bond motifs is 1. The Balaban J connectivity index is 1.70. The van der Waals surface area contributed by atoms with Crippen LogP contribution in [0.5, 0.6) is 5.75 Å². The lowest BCUT2D eigenvalue weighted by Crippen LogP contribution is -2.46. The van der Waals surface area contributed by atoms with Crippen molar-refractivity contribution in [3.05, 3.63) is 33.8 Å². The van der Waals surface area contributed by atoms with Gasteiger partial charge in [0, 0.05) is 11.6 Å². The number of nitrogens with zero attached hydrogens (tertiary/aromatic N) is 1. The number of hydrogen-bond acceptors (Lipinski definition) is 3. The van der Waals surface area contributed by atoms with Crippen LogP contribution in [-0.2, 0) is 9.59 Å². The highest BCUT2D eigenvalue weighted by Crippen LogP contribution is 2.41. The molecule has 1 unspecified atom stereocenters. The summed E-state index contributed by atoms with van der Waals surface area (Å²) in [5.41, 5.74) is 1.06. The molecule has 0 spiro atoms. The molecule has 2 aliphatic carbocycles. The van der Waals surface area contributed by atoms with Crippen molar-refractivity contribution < 1.29 is 14.3 Å². The first-order chi connectivity index (χ1) is 12.0. The van der Waals surface area contributed by atoms with E-state index >= 15 is 0 Å². The van der Waals surface area contributed by atoms with Gasteiger partial charge in [-0.3, -0.25) is 9.59 Å². The molecule has 6 heteroatoms. The zero-order valence-electron chi connectivity index (χ0n) is 13.8. The number of halogens is 2. The highest BCUT2D eigenvalue weighted by Gasteiger charge is 2.39. The van der Waals surface area contributed by atoms with E-state index in [-0.39, 0.29) is 28.9 Å². The van der Waals surface area contributed by atoms with Gasteiger partial charge in [-0.2, -0.15) is 0 Å². The Kier molecular flexibility index (Phi) is 4.50. The molecular formula is C19H19Cl2NO3. The van der Waals surface area contributed by atoms with Gasteiger partial charge >= 0.3 is 0 Å². The largest absolute Gasteiger partial charge is 0.489 e. The Morgan fingerprint density at radius 3 is 2.52 bits per heavy atom. The minimum atomic E-state index is -0.281. The topological polar surface area (TPSA) is 46.6 Å². The summed E-state index contributed by atoms with van der Waals surface area (Å²) in [5.74, 6) is -0.257. The van der Waals surface area contributed by atoms with E-state index in [2.05, 4.69) is 0 Å². The van der Waals surface area contributed by atoms with Crippen LogP contribution in [0, 0.1) is 5.92 Å². The van der Waals surface area contributed by atoms with Crippen LogP contribution in [0.2, 0.25) is 10.0 Å². The van der Waals surface area contributed by atoms with Crippen molar-refractivity contribution >= 4 is 40.7 Å². The molecule has 2 bridgehead atoms. The second-order valence-corrected chi connectivity index (χ2v) is 7.74. The molecule has 0 N–H and O–H groups in total. The van der Waals surface area contributed by atoms with Crippen LogP contribution >= 0.6 is 23.2 Å². The van der Waals surface area contributed by atoms with Gasteiger partial charge in [0.15, 0.2) is 0 Å². The molecule has 0 radical (unpaired) electrons. The zero-order valence-corrected chi connectivity index (χ0v) is 15.3. The maximum atomic E-state index is 12.8. The SMILES string of the molecule is O=C1C2=CC(CCC2)C(=O)N1c1cc(OC2CCCC2)c(Cl)cc1Cl. The number of amides is 2. The van der Waals surface area contributed by atoms with Crippen molar-refractivity contribution in [3.8, 4) is 5.75 Å². The third-order valence-corrected chi connectivity index (χ3v) is 5.82. The molecule has 1 aromatic rings. The van der Waals surface area contributed by atoms with E-state index in [4.69, 9.17) is 27.9 Å². The maximum Gasteiger partial charge on any atom is 0.260 e. The van der Waals surface area contributed by atoms with E-state index in [0.717, 1.165) is 38.5 Å². The number of carbonyl (C=O) groups is 2. The van der Waals surface area contributed by atoms with Gasteiger partial charge in [-0.25, -0.2) is 4.90 Å². The van der Waals surface area contributed by atoms with Crippen LogP contribution < -0.4 is 9.64 Å². The summed E-state index contributed by atoms with van der Waals surface area (Å²) in [6.07, 6.45) is 8.54. The number of rotatable bonds is 3. The molecule has 1 fully saturated rings. The molecule has 2 amide bonds. The quantitative estimate of drug-likeness (QED) is 0.700. The second kappa shape index (κ2) is 6.65. The number of ether oxygens (including phenoxy) is 1. The number of anilines is 1. The lowest BCUT2D eigenvalue weighted by atomic mass is 9.85. The standard InChI is InChI=1S/C19H19Cl2NO3/c20-14-9-15(21)17(25-13-6-1-2-7-13)10-16(14)22-18(23)11-4-3-5-12(8-11)19(22)24/h8-11,13H,1-7H2. The van der Waals surface area contributed by atoms with Crippen molar-refractivity contribution in [2.75, 3.05) is 4.90 Å². The molecular weight excluding hydrogens is 361 g/mol. The van der Waals surface area contributed by atoms with Crippen molar-refractivity contribution in [2.24, 2.45) is 5.92 Å². The first kappa shape index (κ1) is 16.9. The number of carbonyl (C=O) groups excluding carboxylic acids is 2. The fraction of sp³-hybridized carbons (Fsp3) is 0.474. The maximum absolute atomic E-state index is 12.8. The van der Waals surface area contributed by atoms with Crippen LogP contribution in [-0.4, -0.2) is 17.9 Å².